The second-order valence-corrected chi connectivity index (χ2v) is 8.21. The third-order valence-corrected chi connectivity index (χ3v) is 4.58. The fraction of sp³-hybridized carbons (Fsp3) is 0.609. The maximum atomic E-state index is 13.0. The Morgan fingerprint density at radius 2 is 1.63 bits per heavy atom. The molecule has 0 aliphatic carbocycles. The Morgan fingerprint density at radius 3 is 2.20 bits per heavy atom. The average Bonchev–Trinajstić information content (AvgIpc) is 2.68. The van der Waals surface area contributed by atoms with Gasteiger partial charge in [-0.2, -0.15) is 0 Å². The van der Waals surface area contributed by atoms with Crippen LogP contribution in [-0.4, -0.2) is 47.6 Å². The highest BCUT2D eigenvalue weighted by molar-refractivity contribution is 5.92. The SMILES string of the molecule is CCCC[C@H](NC(=O)[C@H](Cc1ccccc1)NC(=O)CC(C)C)C(=O)NC[C@H](C)O. The van der Waals surface area contributed by atoms with Crippen LogP contribution in [0.15, 0.2) is 30.3 Å². The molecule has 4 N–H and O–H groups in total. The van der Waals surface area contributed by atoms with E-state index in [0.29, 0.717) is 19.3 Å². The van der Waals surface area contributed by atoms with Crippen molar-refractivity contribution < 1.29 is 19.5 Å². The number of hydrogen-bond acceptors (Lipinski definition) is 4. The molecule has 0 unspecified atom stereocenters. The zero-order valence-corrected chi connectivity index (χ0v) is 18.6. The normalized spacial score (nSPS) is 13.9. The molecule has 7 nitrogen and oxygen atoms in total. The predicted molar refractivity (Wildman–Crippen MR) is 118 cm³/mol. The number of rotatable bonds is 13. The lowest BCUT2D eigenvalue weighted by atomic mass is 10.0. The zero-order valence-electron chi connectivity index (χ0n) is 18.6. The van der Waals surface area contributed by atoms with Gasteiger partial charge in [-0.1, -0.05) is 63.9 Å². The molecule has 0 heterocycles. The molecule has 168 valence electrons. The highest BCUT2D eigenvalue weighted by Gasteiger charge is 2.27. The van der Waals surface area contributed by atoms with Crippen molar-refractivity contribution in [2.24, 2.45) is 5.92 Å². The summed E-state index contributed by atoms with van der Waals surface area (Å²) in [6.45, 7) is 7.60. The van der Waals surface area contributed by atoms with Gasteiger partial charge in [-0.25, -0.2) is 0 Å². The van der Waals surface area contributed by atoms with E-state index in [1.54, 1.807) is 6.92 Å². The minimum Gasteiger partial charge on any atom is -0.392 e. The van der Waals surface area contributed by atoms with Crippen molar-refractivity contribution in [3.63, 3.8) is 0 Å². The van der Waals surface area contributed by atoms with Crippen molar-refractivity contribution in [3.8, 4) is 0 Å². The van der Waals surface area contributed by atoms with Crippen molar-refractivity contribution in [2.45, 2.75) is 78.0 Å². The first-order valence-corrected chi connectivity index (χ1v) is 10.8. The predicted octanol–water partition coefficient (Wildman–Crippen LogP) is 1.93. The topological polar surface area (TPSA) is 108 Å². The summed E-state index contributed by atoms with van der Waals surface area (Å²) in [6, 6.07) is 7.98. The van der Waals surface area contributed by atoms with Gasteiger partial charge in [-0.15, -0.1) is 0 Å². The van der Waals surface area contributed by atoms with Crippen LogP contribution in [0.5, 0.6) is 0 Å². The van der Waals surface area contributed by atoms with Crippen LogP contribution in [0.25, 0.3) is 0 Å². The molecule has 0 aromatic heterocycles. The van der Waals surface area contributed by atoms with Crippen LogP contribution in [0.2, 0.25) is 0 Å². The van der Waals surface area contributed by atoms with E-state index >= 15 is 0 Å². The molecular weight excluding hydrogens is 382 g/mol. The van der Waals surface area contributed by atoms with Gasteiger partial charge >= 0.3 is 0 Å². The van der Waals surface area contributed by atoms with Gasteiger partial charge in [-0.05, 0) is 24.8 Å². The maximum Gasteiger partial charge on any atom is 0.243 e. The molecule has 0 radical (unpaired) electrons. The van der Waals surface area contributed by atoms with Crippen LogP contribution in [-0.2, 0) is 20.8 Å². The lowest BCUT2D eigenvalue weighted by Gasteiger charge is -2.24. The summed E-state index contributed by atoms with van der Waals surface area (Å²) in [5.74, 6) is -0.729. The van der Waals surface area contributed by atoms with E-state index in [4.69, 9.17) is 0 Å². The molecule has 0 saturated carbocycles. The number of carbonyl (C=O) groups is 3. The summed E-state index contributed by atoms with van der Waals surface area (Å²) in [5.41, 5.74) is 0.922. The van der Waals surface area contributed by atoms with Gasteiger partial charge in [0.05, 0.1) is 6.10 Å². The Kier molecular flexibility index (Phi) is 11.7. The molecule has 1 rings (SSSR count). The Balaban J connectivity index is 2.91. The van der Waals surface area contributed by atoms with E-state index in [1.165, 1.54) is 0 Å². The molecule has 0 spiro atoms. The maximum absolute atomic E-state index is 13.0. The molecule has 3 atom stereocenters. The van der Waals surface area contributed by atoms with Gasteiger partial charge in [0, 0.05) is 19.4 Å². The third kappa shape index (κ3) is 10.4. The van der Waals surface area contributed by atoms with Crippen LogP contribution in [0.1, 0.15) is 58.9 Å². The number of aliphatic hydroxyl groups excluding tert-OH is 1. The van der Waals surface area contributed by atoms with E-state index in [0.717, 1.165) is 18.4 Å². The van der Waals surface area contributed by atoms with E-state index in [2.05, 4.69) is 16.0 Å². The van der Waals surface area contributed by atoms with Gasteiger partial charge in [0.2, 0.25) is 17.7 Å². The molecule has 0 aliphatic heterocycles. The Hall–Kier alpha value is -2.41. The summed E-state index contributed by atoms with van der Waals surface area (Å²) in [7, 11) is 0. The molecule has 7 heteroatoms. The second-order valence-electron chi connectivity index (χ2n) is 8.21. The van der Waals surface area contributed by atoms with E-state index in [-0.39, 0.29) is 30.2 Å². The molecule has 1 aromatic carbocycles. The van der Waals surface area contributed by atoms with Crippen molar-refractivity contribution >= 4 is 17.7 Å². The molecule has 0 bridgehead atoms. The summed E-state index contributed by atoms with van der Waals surface area (Å²) in [5, 5.41) is 17.7. The van der Waals surface area contributed by atoms with Crippen LogP contribution in [0.3, 0.4) is 0 Å². The van der Waals surface area contributed by atoms with Gasteiger partial charge in [0.25, 0.3) is 0 Å². The van der Waals surface area contributed by atoms with Gasteiger partial charge in [-0.3, -0.25) is 14.4 Å². The summed E-state index contributed by atoms with van der Waals surface area (Å²) >= 11 is 0. The summed E-state index contributed by atoms with van der Waals surface area (Å²) in [4.78, 5) is 37.9. The van der Waals surface area contributed by atoms with Gasteiger partial charge in [0.15, 0.2) is 0 Å². The minimum atomic E-state index is -0.771. The summed E-state index contributed by atoms with van der Waals surface area (Å²) in [6.07, 6.45) is 2.15. The number of hydrogen-bond donors (Lipinski definition) is 4. The quantitative estimate of drug-likeness (QED) is 0.392. The zero-order chi connectivity index (χ0) is 22.5. The summed E-state index contributed by atoms with van der Waals surface area (Å²) < 4.78 is 0. The first kappa shape index (κ1) is 25.6. The van der Waals surface area contributed by atoms with Crippen molar-refractivity contribution in [1.29, 1.82) is 0 Å². The number of carbonyl (C=O) groups excluding carboxylic acids is 3. The molecule has 0 aliphatic rings. The van der Waals surface area contributed by atoms with Crippen molar-refractivity contribution in [3.05, 3.63) is 35.9 Å². The van der Waals surface area contributed by atoms with Crippen LogP contribution < -0.4 is 16.0 Å². The Labute approximate surface area is 180 Å². The first-order valence-electron chi connectivity index (χ1n) is 10.8. The first-order chi connectivity index (χ1) is 14.2. The number of amides is 3. The Morgan fingerprint density at radius 1 is 0.967 bits per heavy atom. The molecule has 1 aromatic rings. The van der Waals surface area contributed by atoms with Gasteiger partial charge < -0.3 is 21.1 Å². The average molecular weight is 420 g/mol. The molecular formula is C23H37N3O4. The van der Waals surface area contributed by atoms with Crippen molar-refractivity contribution in [1.82, 2.24) is 16.0 Å². The largest absolute Gasteiger partial charge is 0.392 e. The van der Waals surface area contributed by atoms with Crippen LogP contribution >= 0.6 is 0 Å². The van der Waals surface area contributed by atoms with Crippen LogP contribution in [0.4, 0.5) is 0 Å². The smallest absolute Gasteiger partial charge is 0.243 e. The Bertz CT molecular complexity index is 662. The molecule has 30 heavy (non-hydrogen) atoms. The highest BCUT2D eigenvalue weighted by Crippen LogP contribution is 2.08. The lowest BCUT2D eigenvalue weighted by Crippen LogP contribution is -2.55. The van der Waals surface area contributed by atoms with Gasteiger partial charge in [0.1, 0.15) is 12.1 Å². The second kappa shape index (κ2) is 13.7. The number of unbranched alkanes of at least 4 members (excludes halogenated alkanes) is 1. The minimum absolute atomic E-state index is 0.121. The third-order valence-electron chi connectivity index (χ3n) is 4.58. The van der Waals surface area contributed by atoms with E-state index in [1.807, 2.05) is 51.1 Å². The van der Waals surface area contributed by atoms with Crippen molar-refractivity contribution in [2.75, 3.05) is 6.54 Å². The monoisotopic (exact) mass is 419 g/mol. The molecule has 3 amide bonds. The molecule has 0 saturated heterocycles. The number of nitrogens with one attached hydrogen (secondary N) is 3. The fourth-order valence-corrected chi connectivity index (χ4v) is 3.00. The molecule has 0 fully saturated rings. The van der Waals surface area contributed by atoms with Crippen LogP contribution in [0, 0.1) is 5.92 Å². The lowest BCUT2D eigenvalue weighted by molar-refractivity contribution is -0.132. The number of aliphatic hydroxyl groups is 1. The van der Waals surface area contributed by atoms with E-state index in [9.17, 15) is 19.5 Å². The fourth-order valence-electron chi connectivity index (χ4n) is 3.00. The van der Waals surface area contributed by atoms with E-state index < -0.39 is 18.2 Å². The standard InChI is InChI=1S/C23H37N3O4/c1-5-6-12-19(22(29)24-15-17(4)27)26-23(30)20(25-21(28)13-16(2)3)14-18-10-8-7-9-11-18/h7-11,16-17,19-20,27H,5-6,12-15H2,1-4H3,(H,24,29)(H,25,28)(H,26,30)/t17-,19-,20-/m0/s1. The highest BCUT2D eigenvalue weighted by atomic mass is 16.3. The number of benzene rings is 1.